The number of methoxy groups -OCH3 is 2. The predicted octanol–water partition coefficient (Wildman–Crippen LogP) is 4.02. The molecule has 2 bridgehead atoms. The Balaban J connectivity index is 1.61. The van der Waals surface area contributed by atoms with Crippen molar-refractivity contribution in [2.24, 2.45) is 34.5 Å². The van der Waals surface area contributed by atoms with Crippen LogP contribution in [0.5, 0.6) is 0 Å². The summed E-state index contributed by atoms with van der Waals surface area (Å²) >= 11 is 0. The molecule has 0 unspecified atom stereocenters. The van der Waals surface area contributed by atoms with Gasteiger partial charge in [-0.2, -0.15) is 0 Å². The maximum absolute atomic E-state index is 12.9. The topological polar surface area (TPSA) is 48.0 Å². The molecule has 0 amide bonds. The third kappa shape index (κ3) is 2.55. The normalized spacial score (nSPS) is 45.7. The first-order valence-corrected chi connectivity index (χ1v) is 12.0. The fourth-order valence-electron chi connectivity index (χ4n) is 8.56. The Hall–Kier alpha value is -0.910. The van der Waals surface area contributed by atoms with Crippen molar-refractivity contribution in [1.29, 1.82) is 0 Å². The van der Waals surface area contributed by atoms with E-state index in [-0.39, 0.29) is 22.7 Å². The summed E-state index contributed by atoms with van der Waals surface area (Å²) in [6, 6.07) is 0. The zero-order chi connectivity index (χ0) is 21.3. The first kappa shape index (κ1) is 21.0. The van der Waals surface area contributed by atoms with E-state index in [0.29, 0.717) is 17.8 Å². The standard InChI is InChI=1S/C25H39NO4/c1-16(2)25(29-5)11-10-23(15-30-25)18-8-6-17-7-9-19-20(22(27)28-4)12-24(23,21(17)19)14-26(3)13-18/h16,18-20H,6-15H2,1-5H3/t18-,19-,20-,23+,24-,25-/m1/s1. The van der Waals surface area contributed by atoms with Crippen LogP contribution in [-0.2, 0) is 19.0 Å². The van der Waals surface area contributed by atoms with E-state index in [1.807, 2.05) is 0 Å². The minimum atomic E-state index is -0.471. The molecule has 2 heterocycles. The molecule has 3 aliphatic carbocycles. The molecule has 0 N–H and O–H groups in total. The van der Waals surface area contributed by atoms with E-state index >= 15 is 0 Å². The largest absolute Gasteiger partial charge is 0.469 e. The zero-order valence-corrected chi connectivity index (χ0v) is 19.5. The van der Waals surface area contributed by atoms with Gasteiger partial charge in [0.2, 0.25) is 0 Å². The average molecular weight is 418 g/mol. The molecule has 2 aliphatic heterocycles. The highest BCUT2D eigenvalue weighted by molar-refractivity contribution is 5.75. The molecule has 1 saturated carbocycles. The molecular weight excluding hydrogens is 378 g/mol. The molecule has 0 radical (unpaired) electrons. The van der Waals surface area contributed by atoms with Gasteiger partial charge in [0.25, 0.3) is 0 Å². The number of likely N-dealkylation sites (tertiary alicyclic amines) is 1. The van der Waals surface area contributed by atoms with Gasteiger partial charge in [-0.3, -0.25) is 4.79 Å². The van der Waals surface area contributed by atoms with Crippen molar-refractivity contribution in [2.45, 2.75) is 64.6 Å². The molecular formula is C25H39NO4. The van der Waals surface area contributed by atoms with Crippen LogP contribution in [0, 0.1) is 34.5 Å². The molecule has 0 aromatic heterocycles. The van der Waals surface area contributed by atoms with Crippen LogP contribution in [0.25, 0.3) is 0 Å². The third-order valence-corrected chi connectivity index (χ3v) is 9.90. The van der Waals surface area contributed by atoms with Crippen LogP contribution in [0.2, 0.25) is 0 Å². The van der Waals surface area contributed by atoms with Crippen LogP contribution in [0.15, 0.2) is 11.1 Å². The Labute approximate surface area is 181 Å². The summed E-state index contributed by atoms with van der Waals surface area (Å²) in [7, 11) is 5.64. The Bertz CT molecular complexity index is 750. The second-order valence-corrected chi connectivity index (χ2v) is 11.1. The molecule has 6 atom stereocenters. The lowest BCUT2D eigenvalue weighted by Crippen LogP contribution is -2.64. The number of esters is 1. The van der Waals surface area contributed by atoms with Crippen LogP contribution in [0.3, 0.4) is 0 Å². The summed E-state index contributed by atoms with van der Waals surface area (Å²) in [5, 5.41) is 0. The quantitative estimate of drug-likeness (QED) is 0.513. The molecule has 0 aromatic rings. The highest BCUT2D eigenvalue weighted by Gasteiger charge is 2.69. The molecule has 5 aliphatic rings. The van der Waals surface area contributed by atoms with Gasteiger partial charge in [0.15, 0.2) is 5.79 Å². The first-order valence-electron chi connectivity index (χ1n) is 12.0. The summed E-state index contributed by atoms with van der Waals surface area (Å²) in [5.41, 5.74) is 3.49. The van der Waals surface area contributed by atoms with Gasteiger partial charge in [-0.05, 0) is 57.4 Å². The fraction of sp³-hybridized carbons (Fsp3) is 0.880. The van der Waals surface area contributed by atoms with Gasteiger partial charge in [0.1, 0.15) is 0 Å². The number of carbonyl (C=O) groups excluding carboxylic acids is 1. The van der Waals surface area contributed by atoms with Gasteiger partial charge in [-0.25, -0.2) is 0 Å². The summed E-state index contributed by atoms with van der Waals surface area (Å²) in [6.45, 7) is 7.36. The van der Waals surface area contributed by atoms with Gasteiger partial charge in [-0.15, -0.1) is 0 Å². The molecule has 5 nitrogen and oxygen atoms in total. The van der Waals surface area contributed by atoms with E-state index in [0.717, 1.165) is 45.4 Å². The van der Waals surface area contributed by atoms with Crippen molar-refractivity contribution in [3.63, 3.8) is 0 Å². The van der Waals surface area contributed by atoms with Gasteiger partial charge in [0, 0.05) is 43.4 Å². The van der Waals surface area contributed by atoms with Crippen LogP contribution >= 0.6 is 0 Å². The highest BCUT2D eigenvalue weighted by atomic mass is 16.7. The number of rotatable bonds is 3. The Morgan fingerprint density at radius 2 is 1.97 bits per heavy atom. The first-order chi connectivity index (χ1) is 14.3. The van der Waals surface area contributed by atoms with Crippen molar-refractivity contribution < 1.29 is 19.0 Å². The smallest absolute Gasteiger partial charge is 0.309 e. The number of allylic oxidation sites excluding steroid dienone is 1. The second-order valence-electron chi connectivity index (χ2n) is 11.1. The SMILES string of the molecule is COC(=O)[C@@H]1C[C@@]23CN(C)C[C@@H](CCC4=C2[C@@H]1CC4)[C@@]31CC[C@](OC)(C(C)C)OC1. The monoisotopic (exact) mass is 417 g/mol. The number of carbonyl (C=O) groups is 1. The molecule has 5 rings (SSSR count). The molecule has 30 heavy (non-hydrogen) atoms. The lowest BCUT2D eigenvalue weighted by atomic mass is 9.50. The lowest BCUT2D eigenvalue weighted by Gasteiger charge is -2.62. The number of piperidine rings is 1. The van der Waals surface area contributed by atoms with Crippen molar-refractivity contribution in [2.75, 3.05) is 41.0 Å². The minimum absolute atomic E-state index is 0.00118. The van der Waals surface area contributed by atoms with Crippen LogP contribution in [-0.4, -0.2) is 57.6 Å². The van der Waals surface area contributed by atoms with Crippen molar-refractivity contribution >= 4 is 5.97 Å². The molecule has 2 spiro atoms. The summed E-state index contributed by atoms with van der Waals surface area (Å²) in [6.07, 6.45) is 7.79. The average Bonchev–Trinajstić information content (AvgIpc) is 3.28. The Kier molecular flexibility index (Phi) is 4.92. The molecule has 168 valence electrons. The molecule has 2 saturated heterocycles. The maximum Gasteiger partial charge on any atom is 0.309 e. The van der Waals surface area contributed by atoms with Crippen molar-refractivity contribution in [1.82, 2.24) is 4.90 Å². The summed E-state index contributed by atoms with van der Waals surface area (Å²) in [4.78, 5) is 15.4. The molecule has 5 heteroatoms. The molecule has 0 aromatic carbocycles. The van der Waals surface area contributed by atoms with Crippen LogP contribution in [0.4, 0.5) is 0 Å². The number of hydrogen-bond donors (Lipinski definition) is 0. The van der Waals surface area contributed by atoms with Crippen LogP contribution in [0.1, 0.15) is 58.8 Å². The highest BCUT2D eigenvalue weighted by Crippen LogP contribution is 2.72. The van der Waals surface area contributed by atoms with E-state index in [2.05, 4.69) is 25.8 Å². The third-order valence-electron chi connectivity index (χ3n) is 9.90. The van der Waals surface area contributed by atoms with Crippen molar-refractivity contribution in [3.05, 3.63) is 11.1 Å². The maximum atomic E-state index is 12.9. The summed E-state index contributed by atoms with van der Waals surface area (Å²) < 4.78 is 18.0. The lowest BCUT2D eigenvalue weighted by molar-refractivity contribution is -0.311. The van der Waals surface area contributed by atoms with Gasteiger partial charge in [0.05, 0.1) is 19.6 Å². The predicted molar refractivity (Wildman–Crippen MR) is 115 cm³/mol. The Morgan fingerprint density at radius 3 is 2.60 bits per heavy atom. The van der Waals surface area contributed by atoms with E-state index in [9.17, 15) is 4.79 Å². The Morgan fingerprint density at radius 1 is 1.20 bits per heavy atom. The number of hydrogen-bond acceptors (Lipinski definition) is 5. The van der Waals surface area contributed by atoms with Crippen molar-refractivity contribution in [3.8, 4) is 0 Å². The number of nitrogens with zero attached hydrogens (tertiary/aromatic N) is 1. The summed E-state index contributed by atoms with van der Waals surface area (Å²) in [5.74, 6) is 0.868. The van der Waals surface area contributed by atoms with E-state index in [4.69, 9.17) is 14.2 Å². The molecule has 3 fully saturated rings. The van der Waals surface area contributed by atoms with Gasteiger partial charge in [-0.1, -0.05) is 25.0 Å². The minimum Gasteiger partial charge on any atom is -0.469 e. The van der Waals surface area contributed by atoms with Gasteiger partial charge < -0.3 is 19.1 Å². The fourth-order valence-corrected chi connectivity index (χ4v) is 8.56. The second kappa shape index (κ2) is 7.05. The van der Waals surface area contributed by atoms with E-state index in [1.165, 1.54) is 19.3 Å². The van der Waals surface area contributed by atoms with Gasteiger partial charge >= 0.3 is 5.97 Å². The van der Waals surface area contributed by atoms with E-state index in [1.54, 1.807) is 25.4 Å². The number of ether oxygens (including phenoxy) is 3. The van der Waals surface area contributed by atoms with Crippen LogP contribution < -0.4 is 0 Å². The zero-order valence-electron chi connectivity index (χ0n) is 19.5. The van der Waals surface area contributed by atoms with E-state index < -0.39 is 5.79 Å².